The fourth-order valence-corrected chi connectivity index (χ4v) is 6.43. The molecule has 2 fully saturated rings. The van der Waals surface area contributed by atoms with Gasteiger partial charge in [0.1, 0.15) is 5.82 Å². The smallest absolute Gasteiger partial charge is 0.235 e. The van der Waals surface area contributed by atoms with E-state index >= 15 is 0 Å². The van der Waals surface area contributed by atoms with Crippen molar-refractivity contribution in [1.29, 1.82) is 0 Å². The molecule has 1 aliphatic heterocycles. The average molecular weight is 431 g/mol. The van der Waals surface area contributed by atoms with Gasteiger partial charge in [-0.3, -0.25) is 4.79 Å². The van der Waals surface area contributed by atoms with Gasteiger partial charge in [0.15, 0.2) is 0 Å². The minimum atomic E-state index is -0.635. The summed E-state index contributed by atoms with van der Waals surface area (Å²) in [5.74, 6) is 0.206. The number of nitrogens with zero attached hydrogens (tertiary/aromatic N) is 4. The van der Waals surface area contributed by atoms with Gasteiger partial charge in [0.2, 0.25) is 5.91 Å². The Morgan fingerprint density at radius 2 is 1.62 bits per heavy atom. The van der Waals surface area contributed by atoms with E-state index in [0.29, 0.717) is 31.9 Å². The monoisotopic (exact) mass is 430 g/mol. The van der Waals surface area contributed by atoms with Crippen molar-refractivity contribution in [3.63, 3.8) is 0 Å². The molecule has 2 heterocycles. The zero-order valence-corrected chi connectivity index (χ0v) is 18.5. The summed E-state index contributed by atoms with van der Waals surface area (Å²) in [5.41, 5.74) is 3.40. The SMILES string of the molecule is CC1(C)C2CCC1(C(=O)N1CCN(c3ccccc3F)CC1)c1nc3ccccc3nc12. The Morgan fingerprint density at radius 1 is 0.969 bits per heavy atom. The van der Waals surface area contributed by atoms with Crippen LogP contribution in [-0.4, -0.2) is 47.0 Å². The summed E-state index contributed by atoms with van der Waals surface area (Å²) in [4.78, 5) is 28.2. The van der Waals surface area contributed by atoms with Crippen molar-refractivity contribution in [2.75, 3.05) is 31.1 Å². The minimum Gasteiger partial charge on any atom is -0.366 e. The summed E-state index contributed by atoms with van der Waals surface area (Å²) in [6.45, 7) is 6.86. The van der Waals surface area contributed by atoms with Gasteiger partial charge in [-0.15, -0.1) is 0 Å². The van der Waals surface area contributed by atoms with Gasteiger partial charge in [0.25, 0.3) is 0 Å². The lowest BCUT2D eigenvalue weighted by molar-refractivity contribution is -0.141. The van der Waals surface area contributed by atoms with Crippen LogP contribution in [0.25, 0.3) is 11.0 Å². The Balaban J connectivity index is 1.34. The Kier molecular flexibility index (Phi) is 4.14. The number of rotatable bonds is 2. The van der Waals surface area contributed by atoms with E-state index in [-0.39, 0.29) is 23.1 Å². The van der Waals surface area contributed by atoms with Crippen molar-refractivity contribution in [3.05, 3.63) is 65.7 Å². The number of piperazine rings is 1. The van der Waals surface area contributed by atoms with E-state index in [9.17, 15) is 9.18 Å². The molecule has 2 atom stereocenters. The van der Waals surface area contributed by atoms with Crippen LogP contribution < -0.4 is 4.90 Å². The molecule has 1 saturated heterocycles. The molecule has 3 aromatic rings. The molecular formula is C26H27FN4O. The molecule has 2 aromatic carbocycles. The van der Waals surface area contributed by atoms with Crippen LogP contribution in [0.4, 0.5) is 10.1 Å². The number of halogens is 1. The lowest BCUT2D eigenvalue weighted by Gasteiger charge is -2.43. The summed E-state index contributed by atoms with van der Waals surface area (Å²) in [5, 5.41) is 0. The minimum absolute atomic E-state index is 0.168. The Morgan fingerprint density at radius 3 is 2.34 bits per heavy atom. The number of anilines is 1. The number of carbonyl (C=O) groups excluding carboxylic acids is 1. The third-order valence-corrected chi connectivity index (χ3v) is 8.24. The summed E-state index contributed by atoms with van der Waals surface area (Å²) in [6.07, 6.45) is 1.78. The van der Waals surface area contributed by atoms with Gasteiger partial charge >= 0.3 is 0 Å². The van der Waals surface area contributed by atoms with E-state index in [1.807, 2.05) is 46.2 Å². The quantitative estimate of drug-likeness (QED) is 0.609. The predicted molar refractivity (Wildman–Crippen MR) is 122 cm³/mol. The molecule has 0 spiro atoms. The van der Waals surface area contributed by atoms with E-state index in [4.69, 9.17) is 9.97 Å². The Hall–Kier alpha value is -3.02. The third-order valence-electron chi connectivity index (χ3n) is 8.24. The highest BCUT2D eigenvalue weighted by atomic mass is 19.1. The second-order valence-corrected chi connectivity index (χ2v) is 9.90. The topological polar surface area (TPSA) is 49.3 Å². The largest absolute Gasteiger partial charge is 0.366 e. The maximum absolute atomic E-state index is 14.3. The number of aromatic nitrogens is 2. The van der Waals surface area contributed by atoms with Gasteiger partial charge in [-0.05, 0) is 42.5 Å². The Labute approximate surface area is 187 Å². The molecule has 6 heteroatoms. The number of fused-ring (bicyclic) bond motifs is 6. The van der Waals surface area contributed by atoms with Crippen molar-refractivity contribution < 1.29 is 9.18 Å². The average Bonchev–Trinajstić information content (AvgIpc) is 3.18. The molecule has 2 aliphatic carbocycles. The first-order valence-electron chi connectivity index (χ1n) is 11.5. The molecular weight excluding hydrogens is 403 g/mol. The van der Waals surface area contributed by atoms with Crippen molar-refractivity contribution in [3.8, 4) is 0 Å². The molecule has 0 N–H and O–H groups in total. The van der Waals surface area contributed by atoms with Crippen LogP contribution in [0.1, 0.15) is 44.0 Å². The lowest BCUT2D eigenvalue weighted by atomic mass is 9.67. The summed E-state index contributed by atoms with van der Waals surface area (Å²) in [7, 11) is 0. The second kappa shape index (κ2) is 6.74. The second-order valence-electron chi connectivity index (χ2n) is 9.90. The summed E-state index contributed by atoms with van der Waals surface area (Å²) >= 11 is 0. The van der Waals surface area contributed by atoms with Crippen molar-refractivity contribution in [1.82, 2.24) is 14.9 Å². The Bertz CT molecular complexity index is 1230. The van der Waals surface area contributed by atoms with Gasteiger partial charge in [0, 0.05) is 32.1 Å². The van der Waals surface area contributed by atoms with Gasteiger partial charge in [-0.25, -0.2) is 14.4 Å². The zero-order valence-electron chi connectivity index (χ0n) is 18.5. The van der Waals surface area contributed by atoms with Gasteiger partial charge < -0.3 is 9.80 Å². The highest BCUT2D eigenvalue weighted by Gasteiger charge is 2.68. The molecule has 1 saturated carbocycles. The van der Waals surface area contributed by atoms with Crippen LogP contribution >= 0.6 is 0 Å². The van der Waals surface area contributed by atoms with E-state index in [1.54, 1.807) is 6.07 Å². The van der Waals surface area contributed by atoms with Crippen LogP contribution in [0.3, 0.4) is 0 Å². The van der Waals surface area contributed by atoms with Crippen LogP contribution in [-0.2, 0) is 10.2 Å². The molecule has 32 heavy (non-hydrogen) atoms. The maximum Gasteiger partial charge on any atom is 0.235 e. The van der Waals surface area contributed by atoms with Crippen LogP contribution in [0.2, 0.25) is 0 Å². The van der Waals surface area contributed by atoms with Crippen LogP contribution in [0, 0.1) is 11.2 Å². The number of hydrogen-bond acceptors (Lipinski definition) is 4. The first-order valence-corrected chi connectivity index (χ1v) is 11.5. The number of amides is 1. The first-order chi connectivity index (χ1) is 15.4. The normalized spacial score (nSPS) is 25.9. The molecule has 164 valence electrons. The molecule has 2 unspecified atom stereocenters. The molecule has 5 nitrogen and oxygen atoms in total. The number of para-hydroxylation sites is 3. The molecule has 1 amide bonds. The van der Waals surface area contributed by atoms with E-state index in [1.165, 1.54) is 6.07 Å². The summed E-state index contributed by atoms with van der Waals surface area (Å²) < 4.78 is 14.3. The van der Waals surface area contributed by atoms with Crippen LogP contribution in [0.5, 0.6) is 0 Å². The van der Waals surface area contributed by atoms with Gasteiger partial charge in [0.05, 0.1) is 33.5 Å². The number of carbonyl (C=O) groups is 1. The third kappa shape index (κ3) is 2.46. The van der Waals surface area contributed by atoms with Crippen molar-refractivity contribution >= 4 is 22.6 Å². The predicted octanol–water partition coefficient (Wildman–Crippen LogP) is 4.27. The zero-order chi connectivity index (χ0) is 22.1. The highest BCUT2D eigenvalue weighted by Crippen LogP contribution is 2.67. The summed E-state index contributed by atoms with van der Waals surface area (Å²) in [6, 6.07) is 14.8. The van der Waals surface area contributed by atoms with Gasteiger partial charge in [-0.1, -0.05) is 38.1 Å². The standard InChI is InChI=1S/C26H27FN4O/c1-25(2)17-11-12-26(25,23-22(17)28-19-8-4-5-9-20(19)29-23)24(32)31-15-13-30(14-16-31)21-10-6-3-7-18(21)27/h3-10,17H,11-16H2,1-2H3. The van der Waals surface area contributed by atoms with E-state index in [2.05, 4.69) is 13.8 Å². The molecule has 2 bridgehead atoms. The fraction of sp³-hybridized carbons (Fsp3) is 0.423. The fourth-order valence-electron chi connectivity index (χ4n) is 6.43. The number of benzene rings is 2. The molecule has 6 rings (SSSR count). The first kappa shape index (κ1) is 19.6. The van der Waals surface area contributed by atoms with E-state index < -0.39 is 5.41 Å². The molecule has 0 radical (unpaired) electrons. The maximum atomic E-state index is 14.3. The van der Waals surface area contributed by atoms with Crippen molar-refractivity contribution in [2.45, 2.75) is 38.0 Å². The van der Waals surface area contributed by atoms with Crippen molar-refractivity contribution in [2.24, 2.45) is 5.41 Å². The van der Waals surface area contributed by atoms with Crippen LogP contribution in [0.15, 0.2) is 48.5 Å². The molecule has 3 aliphatic rings. The lowest BCUT2D eigenvalue weighted by Crippen LogP contribution is -2.57. The molecule has 1 aromatic heterocycles. The van der Waals surface area contributed by atoms with Gasteiger partial charge in [-0.2, -0.15) is 0 Å². The van der Waals surface area contributed by atoms with E-state index in [0.717, 1.165) is 35.3 Å². The number of hydrogen-bond donors (Lipinski definition) is 0. The highest BCUT2D eigenvalue weighted by molar-refractivity contribution is 5.92.